The van der Waals surface area contributed by atoms with Crippen LogP contribution >= 0.6 is 0 Å². The average molecular weight is 302 g/mol. The van der Waals surface area contributed by atoms with Crippen molar-refractivity contribution in [1.82, 2.24) is 4.98 Å². The molecule has 2 rings (SSSR count). The Morgan fingerprint density at radius 3 is 2.32 bits per heavy atom. The summed E-state index contributed by atoms with van der Waals surface area (Å²) in [5.41, 5.74) is 0.584. The van der Waals surface area contributed by atoms with Gasteiger partial charge in [0, 0.05) is 6.07 Å². The number of anilines is 1. The molecule has 0 aliphatic heterocycles. The minimum atomic E-state index is -0.263. The van der Waals surface area contributed by atoms with Crippen LogP contribution in [0.1, 0.15) is 6.92 Å². The Bertz CT molecular complexity index is 597. The van der Waals surface area contributed by atoms with Crippen molar-refractivity contribution in [2.24, 2.45) is 0 Å². The minimum Gasteiger partial charge on any atom is -0.494 e. The molecule has 6 nitrogen and oxygen atoms in total. The Hall–Kier alpha value is -2.76. The minimum absolute atomic E-state index is 0.0833. The van der Waals surface area contributed by atoms with Gasteiger partial charge in [0.25, 0.3) is 5.91 Å². The van der Waals surface area contributed by atoms with Gasteiger partial charge < -0.3 is 19.5 Å². The smallest absolute Gasteiger partial charge is 0.262 e. The Labute approximate surface area is 129 Å². The second kappa shape index (κ2) is 7.87. The zero-order chi connectivity index (χ0) is 15.8. The third-order valence-corrected chi connectivity index (χ3v) is 2.73. The summed E-state index contributed by atoms with van der Waals surface area (Å²) in [6.45, 7) is 2.45. The molecule has 0 saturated heterocycles. The zero-order valence-electron chi connectivity index (χ0n) is 12.5. The lowest BCUT2D eigenvalue weighted by molar-refractivity contribution is -0.118. The van der Waals surface area contributed by atoms with Crippen LogP contribution < -0.4 is 19.5 Å². The maximum atomic E-state index is 11.8. The van der Waals surface area contributed by atoms with Crippen LogP contribution in [0, 0.1) is 0 Å². The highest BCUT2D eigenvalue weighted by Crippen LogP contribution is 2.17. The molecule has 0 atom stereocenters. The van der Waals surface area contributed by atoms with Gasteiger partial charge in [-0.05, 0) is 37.3 Å². The van der Waals surface area contributed by atoms with E-state index < -0.39 is 0 Å². The number of benzene rings is 1. The third-order valence-electron chi connectivity index (χ3n) is 2.73. The van der Waals surface area contributed by atoms with Gasteiger partial charge in [-0.1, -0.05) is 0 Å². The molecule has 1 aromatic heterocycles. The van der Waals surface area contributed by atoms with Crippen molar-refractivity contribution in [3.05, 3.63) is 42.6 Å². The highest BCUT2D eigenvalue weighted by atomic mass is 16.5. The van der Waals surface area contributed by atoms with Gasteiger partial charge in [0.05, 0.1) is 25.6 Å². The molecule has 6 heteroatoms. The van der Waals surface area contributed by atoms with Gasteiger partial charge in [0.2, 0.25) is 5.88 Å². The van der Waals surface area contributed by atoms with E-state index in [2.05, 4.69) is 10.3 Å². The Morgan fingerprint density at radius 1 is 1.09 bits per heavy atom. The van der Waals surface area contributed by atoms with E-state index in [0.717, 1.165) is 5.75 Å². The summed E-state index contributed by atoms with van der Waals surface area (Å²) >= 11 is 0. The number of pyridine rings is 1. The first kappa shape index (κ1) is 15.6. The van der Waals surface area contributed by atoms with Crippen LogP contribution in [0.5, 0.6) is 17.4 Å². The SMILES string of the molecule is CCOc1ccc(OCC(=O)Nc2ccc(OC)nc2)cc1. The van der Waals surface area contributed by atoms with Crippen molar-refractivity contribution < 1.29 is 19.0 Å². The van der Waals surface area contributed by atoms with Gasteiger partial charge in [0.15, 0.2) is 6.61 Å². The number of amides is 1. The van der Waals surface area contributed by atoms with E-state index in [9.17, 15) is 4.79 Å². The molecule has 0 spiro atoms. The second-order valence-electron chi connectivity index (χ2n) is 4.33. The van der Waals surface area contributed by atoms with Crippen LogP contribution in [0.2, 0.25) is 0 Å². The largest absolute Gasteiger partial charge is 0.494 e. The number of carbonyl (C=O) groups excluding carboxylic acids is 1. The third kappa shape index (κ3) is 4.66. The van der Waals surface area contributed by atoms with Crippen LogP contribution in [0.3, 0.4) is 0 Å². The second-order valence-corrected chi connectivity index (χ2v) is 4.33. The average Bonchev–Trinajstić information content (AvgIpc) is 2.55. The number of methoxy groups -OCH3 is 1. The van der Waals surface area contributed by atoms with Gasteiger partial charge in [-0.25, -0.2) is 4.98 Å². The first-order chi connectivity index (χ1) is 10.7. The predicted molar refractivity (Wildman–Crippen MR) is 82.5 cm³/mol. The summed E-state index contributed by atoms with van der Waals surface area (Å²) < 4.78 is 15.7. The Balaban J connectivity index is 1.81. The van der Waals surface area contributed by atoms with E-state index in [1.165, 1.54) is 13.3 Å². The first-order valence-corrected chi connectivity index (χ1v) is 6.87. The molecule has 0 fully saturated rings. The maximum Gasteiger partial charge on any atom is 0.262 e. The summed E-state index contributed by atoms with van der Waals surface area (Å²) in [4.78, 5) is 15.8. The fraction of sp³-hybridized carbons (Fsp3) is 0.250. The van der Waals surface area contributed by atoms with Crippen LogP contribution in [0.4, 0.5) is 5.69 Å². The van der Waals surface area contributed by atoms with E-state index >= 15 is 0 Å². The fourth-order valence-electron chi connectivity index (χ4n) is 1.72. The van der Waals surface area contributed by atoms with Gasteiger partial charge >= 0.3 is 0 Å². The number of ether oxygens (including phenoxy) is 3. The normalized spacial score (nSPS) is 9.91. The van der Waals surface area contributed by atoms with Crippen LogP contribution in [-0.4, -0.2) is 31.2 Å². The molecule has 0 bridgehead atoms. The van der Waals surface area contributed by atoms with Crippen molar-refractivity contribution in [2.45, 2.75) is 6.92 Å². The highest BCUT2D eigenvalue weighted by Gasteiger charge is 2.05. The first-order valence-electron chi connectivity index (χ1n) is 6.87. The lowest BCUT2D eigenvalue weighted by Crippen LogP contribution is -2.20. The van der Waals surface area contributed by atoms with E-state index in [1.807, 2.05) is 6.92 Å². The summed E-state index contributed by atoms with van der Waals surface area (Å²) in [7, 11) is 1.53. The van der Waals surface area contributed by atoms with Crippen molar-refractivity contribution in [3.8, 4) is 17.4 Å². The zero-order valence-corrected chi connectivity index (χ0v) is 12.5. The molecule has 116 valence electrons. The van der Waals surface area contributed by atoms with E-state index in [4.69, 9.17) is 14.2 Å². The number of hydrogen-bond acceptors (Lipinski definition) is 5. The quantitative estimate of drug-likeness (QED) is 0.851. The number of nitrogens with zero attached hydrogens (tertiary/aromatic N) is 1. The Kier molecular flexibility index (Phi) is 5.59. The number of rotatable bonds is 7. The number of nitrogens with one attached hydrogen (secondary N) is 1. The maximum absolute atomic E-state index is 11.8. The molecular formula is C16H18N2O4. The molecule has 22 heavy (non-hydrogen) atoms. The summed E-state index contributed by atoms with van der Waals surface area (Å²) in [6.07, 6.45) is 1.52. The highest BCUT2D eigenvalue weighted by molar-refractivity contribution is 5.91. The molecule has 0 saturated carbocycles. The molecular weight excluding hydrogens is 284 g/mol. The molecule has 0 unspecified atom stereocenters. The summed E-state index contributed by atoms with van der Waals surface area (Å²) in [6, 6.07) is 10.5. The fourth-order valence-corrected chi connectivity index (χ4v) is 1.72. The summed E-state index contributed by atoms with van der Waals surface area (Å²) in [5, 5.41) is 2.69. The van der Waals surface area contributed by atoms with Gasteiger partial charge in [-0.3, -0.25) is 4.79 Å². The monoisotopic (exact) mass is 302 g/mol. The van der Waals surface area contributed by atoms with Gasteiger partial charge in [-0.15, -0.1) is 0 Å². The molecule has 1 aromatic carbocycles. The molecule has 0 radical (unpaired) electrons. The van der Waals surface area contributed by atoms with Crippen LogP contribution in [0.25, 0.3) is 0 Å². The summed E-state index contributed by atoms with van der Waals surface area (Å²) in [5.74, 6) is 1.60. The van der Waals surface area contributed by atoms with Crippen LogP contribution in [0.15, 0.2) is 42.6 Å². The van der Waals surface area contributed by atoms with Crippen molar-refractivity contribution in [3.63, 3.8) is 0 Å². The standard InChI is InChI=1S/C16H18N2O4/c1-3-21-13-5-7-14(8-6-13)22-11-15(19)18-12-4-9-16(20-2)17-10-12/h4-10H,3,11H2,1-2H3,(H,18,19). The van der Waals surface area contributed by atoms with Gasteiger partial charge in [0.1, 0.15) is 11.5 Å². The van der Waals surface area contributed by atoms with Crippen molar-refractivity contribution in [2.75, 3.05) is 25.6 Å². The van der Waals surface area contributed by atoms with E-state index in [-0.39, 0.29) is 12.5 Å². The predicted octanol–water partition coefficient (Wildman–Crippen LogP) is 2.51. The molecule has 1 amide bonds. The number of hydrogen-bond donors (Lipinski definition) is 1. The van der Waals surface area contributed by atoms with E-state index in [1.54, 1.807) is 36.4 Å². The van der Waals surface area contributed by atoms with Crippen LogP contribution in [-0.2, 0) is 4.79 Å². The molecule has 0 aliphatic rings. The Morgan fingerprint density at radius 2 is 1.77 bits per heavy atom. The number of aromatic nitrogens is 1. The molecule has 0 aliphatic carbocycles. The number of carbonyl (C=O) groups is 1. The lowest BCUT2D eigenvalue weighted by Gasteiger charge is -2.08. The van der Waals surface area contributed by atoms with Crippen molar-refractivity contribution in [1.29, 1.82) is 0 Å². The molecule has 2 aromatic rings. The van der Waals surface area contributed by atoms with Gasteiger partial charge in [-0.2, -0.15) is 0 Å². The molecule has 1 N–H and O–H groups in total. The molecule has 1 heterocycles. The van der Waals surface area contributed by atoms with Crippen molar-refractivity contribution >= 4 is 11.6 Å². The van der Waals surface area contributed by atoms with E-state index in [0.29, 0.717) is 23.9 Å². The topological polar surface area (TPSA) is 69.7 Å². The lowest BCUT2D eigenvalue weighted by atomic mass is 10.3.